The van der Waals surface area contributed by atoms with E-state index in [1.807, 2.05) is 0 Å². The molecule has 0 spiro atoms. The van der Waals surface area contributed by atoms with E-state index in [1.54, 1.807) is 24.3 Å². The predicted octanol–water partition coefficient (Wildman–Crippen LogP) is 1.03. The second kappa shape index (κ2) is 6.58. The Balaban J connectivity index is 1.99. The number of carbonyl (C=O) groups is 2. The fourth-order valence-electron chi connectivity index (χ4n) is 2.59. The Kier molecular flexibility index (Phi) is 4.80. The molecule has 0 aromatic heterocycles. The largest absolute Gasteiger partial charge is 0.508 e. The molecule has 114 valence electrons. The summed E-state index contributed by atoms with van der Waals surface area (Å²) in [6.45, 7) is 0.299. The average molecular weight is 293 g/mol. The van der Waals surface area contributed by atoms with Crippen LogP contribution in [0.25, 0.3) is 0 Å². The Bertz CT molecular complexity index is 531. The number of methoxy groups -OCH3 is 1. The van der Waals surface area contributed by atoms with E-state index >= 15 is 0 Å². The number of aryl methyl sites for hydroxylation is 1. The van der Waals surface area contributed by atoms with Gasteiger partial charge in [0.15, 0.2) is 0 Å². The minimum absolute atomic E-state index is 0.149. The van der Waals surface area contributed by atoms with Crippen LogP contribution in [0, 0.1) is 0 Å². The van der Waals surface area contributed by atoms with E-state index in [0.29, 0.717) is 24.9 Å². The molecular formula is C15H19NO5. The molecule has 0 bridgehead atoms. The third-order valence-electron chi connectivity index (χ3n) is 3.80. The quantitative estimate of drug-likeness (QED) is 0.846. The Morgan fingerprint density at radius 2 is 2.10 bits per heavy atom. The summed E-state index contributed by atoms with van der Waals surface area (Å²) < 4.78 is 5.16. The van der Waals surface area contributed by atoms with Crippen LogP contribution >= 0.6 is 0 Å². The molecule has 6 nitrogen and oxygen atoms in total. The van der Waals surface area contributed by atoms with Gasteiger partial charge in [-0.2, -0.15) is 0 Å². The number of carbonyl (C=O) groups excluding carboxylic acids is 1. The van der Waals surface area contributed by atoms with Crippen LogP contribution in [0.5, 0.6) is 5.75 Å². The van der Waals surface area contributed by atoms with Crippen molar-refractivity contribution in [1.82, 2.24) is 4.90 Å². The molecule has 21 heavy (non-hydrogen) atoms. The van der Waals surface area contributed by atoms with Crippen LogP contribution in [-0.2, 0) is 20.7 Å². The first-order valence-corrected chi connectivity index (χ1v) is 6.85. The Labute approximate surface area is 122 Å². The molecule has 0 radical (unpaired) electrons. The third kappa shape index (κ3) is 3.52. The predicted molar refractivity (Wildman–Crippen MR) is 75.0 cm³/mol. The highest BCUT2D eigenvalue weighted by atomic mass is 16.5. The first-order chi connectivity index (χ1) is 10.0. The van der Waals surface area contributed by atoms with Gasteiger partial charge in [-0.3, -0.25) is 4.79 Å². The molecule has 2 N–H and O–H groups in total. The van der Waals surface area contributed by atoms with Crippen LogP contribution < -0.4 is 0 Å². The number of amides is 1. The number of carboxylic acids is 1. The van der Waals surface area contributed by atoms with Gasteiger partial charge in [-0.05, 0) is 18.1 Å². The molecule has 1 amide bonds. The van der Waals surface area contributed by atoms with E-state index < -0.39 is 12.0 Å². The third-order valence-corrected chi connectivity index (χ3v) is 3.80. The van der Waals surface area contributed by atoms with E-state index in [0.717, 1.165) is 0 Å². The van der Waals surface area contributed by atoms with Gasteiger partial charge in [0.25, 0.3) is 0 Å². The summed E-state index contributed by atoms with van der Waals surface area (Å²) in [4.78, 5) is 24.8. The van der Waals surface area contributed by atoms with Crippen LogP contribution in [0.3, 0.4) is 0 Å². The zero-order chi connectivity index (χ0) is 15.4. The number of aromatic hydroxyl groups is 1. The number of carboxylic acid groups (broad SMARTS) is 1. The van der Waals surface area contributed by atoms with Gasteiger partial charge < -0.3 is 19.8 Å². The lowest BCUT2D eigenvalue weighted by molar-refractivity contribution is -0.148. The molecule has 1 fully saturated rings. The van der Waals surface area contributed by atoms with Gasteiger partial charge in [-0.15, -0.1) is 0 Å². The number of aliphatic carboxylic acids is 1. The van der Waals surface area contributed by atoms with Crippen molar-refractivity contribution in [2.24, 2.45) is 0 Å². The SMILES string of the molecule is COC1CC(C(=O)O)N(C(=O)CCc2ccccc2O)C1. The lowest BCUT2D eigenvalue weighted by Crippen LogP contribution is -2.40. The van der Waals surface area contributed by atoms with Crippen LogP contribution in [0.4, 0.5) is 0 Å². The highest BCUT2D eigenvalue weighted by Crippen LogP contribution is 2.23. The Morgan fingerprint density at radius 1 is 1.38 bits per heavy atom. The van der Waals surface area contributed by atoms with Crippen molar-refractivity contribution in [2.45, 2.75) is 31.4 Å². The van der Waals surface area contributed by atoms with Crippen molar-refractivity contribution in [3.8, 4) is 5.75 Å². The number of likely N-dealkylation sites (tertiary alicyclic amines) is 1. The molecule has 2 unspecified atom stereocenters. The molecule has 6 heteroatoms. The summed E-state index contributed by atoms with van der Waals surface area (Å²) in [5.74, 6) is -1.09. The van der Waals surface area contributed by atoms with Gasteiger partial charge in [0.1, 0.15) is 11.8 Å². The fourth-order valence-corrected chi connectivity index (χ4v) is 2.59. The molecule has 1 heterocycles. The van der Waals surface area contributed by atoms with Crippen LogP contribution in [0.1, 0.15) is 18.4 Å². The number of rotatable bonds is 5. The highest BCUT2D eigenvalue weighted by Gasteiger charge is 2.39. The van der Waals surface area contributed by atoms with Crippen LogP contribution in [0.15, 0.2) is 24.3 Å². The maximum atomic E-state index is 12.2. The number of benzene rings is 1. The minimum Gasteiger partial charge on any atom is -0.508 e. The van der Waals surface area contributed by atoms with Crippen molar-refractivity contribution >= 4 is 11.9 Å². The van der Waals surface area contributed by atoms with Crippen molar-refractivity contribution in [3.05, 3.63) is 29.8 Å². The number of ether oxygens (including phenoxy) is 1. The molecule has 1 aliphatic rings. The maximum Gasteiger partial charge on any atom is 0.326 e. The van der Waals surface area contributed by atoms with Gasteiger partial charge in [0.05, 0.1) is 6.10 Å². The first kappa shape index (κ1) is 15.3. The lowest BCUT2D eigenvalue weighted by atomic mass is 10.1. The van der Waals surface area contributed by atoms with Gasteiger partial charge in [0, 0.05) is 26.5 Å². The minimum atomic E-state index is -1.01. The molecule has 1 saturated heterocycles. The van der Waals surface area contributed by atoms with Gasteiger partial charge >= 0.3 is 5.97 Å². The molecular weight excluding hydrogens is 274 g/mol. The highest BCUT2D eigenvalue weighted by molar-refractivity contribution is 5.84. The van der Waals surface area contributed by atoms with Crippen LogP contribution in [-0.4, -0.2) is 52.8 Å². The topological polar surface area (TPSA) is 87.1 Å². The summed E-state index contributed by atoms with van der Waals surface area (Å²) in [6.07, 6.45) is 0.623. The van der Waals surface area contributed by atoms with E-state index in [4.69, 9.17) is 4.74 Å². The number of hydrogen-bond acceptors (Lipinski definition) is 4. The zero-order valence-corrected chi connectivity index (χ0v) is 11.9. The zero-order valence-electron chi connectivity index (χ0n) is 11.9. The molecule has 1 aliphatic heterocycles. The maximum absolute atomic E-state index is 12.2. The first-order valence-electron chi connectivity index (χ1n) is 6.85. The normalized spacial score (nSPS) is 21.5. The van der Waals surface area contributed by atoms with E-state index in [1.165, 1.54) is 12.0 Å². The van der Waals surface area contributed by atoms with Crippen molar-refractivity contribution in [1.29, 1.82) is 0 Å². The number of hydrogen-bond donors (Lipinski definition) is 2. The smallest absolute Gasteiger partial charge is 0.326 e. The number of phenolic OH excluding ortho intramolecular Hbond substituents is 1. The van der Waals surface area contributed by atoms with Gasteiger partial charge in [-0.25, -0.2) is 4.79 Å². The fraction of sp³-hybridized carbons (Fsp3) is 0.467. The summed E-state index contributed by atoms with van der Waals surface area (Å²) in [7, 11) is 1.51. The Morgan fingerprint density at radius 3 is 2.71 bits per heavy atom. The molecule has 0 aliphatic carbocycles. The molecule has 2 rings (SSSR count). The molecule has 0 saturated carbocycles. The summed E-state index contributed by atoms with van der Waals surface area (Å²) in [6, 6.07) is 5.99. The number of phenols is 1. The van der Waals surface area contributed by atoms with Crippen molar-refractivity contribution in [3.63, 3.8) is 0 Å². The van der Waals surface area contributed by atoms with Crippen LogP contribution in [0.2, 0.25) is 0 Å². The number of para-hydroxylation sites is 1. The second-order valence-corrected chi connectivity index (χ2v) is 5.12. The van der Waals surface area contributed by atoms with Gasteiger partial charge in [0.2, 0.25) is 5.91 Å². The summed E-state index contributed by atoms with van der Waals surface area (Å²) in [5.41, 5.74) is 0.681. The standard InChI is InChI=1S/C15H19NO5/c1-21-11-8-12(15(19)20)16(9-11)14(18)7-6-10-4-2-3-5-13(10)17/h2-5,11-12,17H,6-9H2,1H3,(H,19,20). The van der Waals surface area contributed by atoms with E-state index in [9.17, 15) is 19.8 Å². The van der Waals surface area contributed by atoms with E-state index in [-0.39, 0.29) is 24.2 Å². The molecule has 1 aromatic carbocycles. The second-order valence-electron chi connectivity index (χ2n) is 5.12. The monoisotopic (exact) mass is 293 g/mol. The lowest BCUT2D eigenvalue weighted by Gasteiger charge is -2.21. The average Bonchev–Trinajstić information content (AvgIpc) is 2.90. The van der Waals surface area contributed by atoms with Gasteiger partial charge in [-0.1, -0.05) is 18.2 Å². The summed E-state index contributed by atoms with van der Waals surface area (Å²) >= 11 is 0. The summed E-state index contributed by atoms with van der Waals surface area (Å²) in [5, 5.41) is 18.9. The van der Waals surface area contributed by atoms with Crippen molar-refractivity contribution < 1.29 is 24.5 Å². The molecule has 2 atom stereocenters. The van der Waals surface area contributed by atoms with Crippen molar-refractivity contribution in [2.75, 3.05) is 13.7 Å². The number of nitrogens with zero attached hydrogens (tertiary/aromatic N) is 1. The Hall–Kier alpha value is -2.08. The van der Waals surface area contributed by atoms with E-state index in [2.05, 4.69) is 0 Å². The molecule has 1 aromatic rings.